The van der Waals surface area contributed by atoms with Crippen molar-refractivity contribution in [2.24, 2.45) is 0 Å². The third kappa shape index (κ3) is 3.97. The Balaban J connectivity index is 1.57. The van der Waals surface area contributed by atoms with E-state index in [4.69, 9.17) is 4.74 Å². The Bertz CT molecular complexity index is 1530. The summed E-state index contributed by atoms with van der Waals surface area (Å²) in [5, 5.41) is 10.1. The van der Waals surface area contributed by atoms with Gasteiger partial charge in [-0.3, -0.25) is 4.79 Å². The fourth-order valence-corrected chi connectivity index (χ4v) is 3.49. The van der Waals surface area contributed by atoms with Crippen molar-refractivity contribution in [3.63, 3.8) is 0 Å². The normalized spacial score (nSPS) is 11.0. The van der Waals surface area contributed by atoms with Crippen molar-refractivity contribution >= 4 is 17.2 Å². The van der Waals surface area contributed by atoms with Crippen molar-refractivity contribution in [1.29, 1.82) is 0 Å². The fourth-order valence-electron chi connectivity index (χ4n) is 3.49. The molecule has 0 saturated heterocycles. The van der Waals surface area contributed by atoms with Crippen molar-refractivity contribution in [3.05, 3.63) is 88.7 Å². The second kappa shape index (κ2) is 8.08. The highest BCUT2D eigenvalue weighted by Crippen LogP contribution is 2.24. The number of carbonyl (C=O) groups excluding carboxylic acids is 1. The number of pyridine rings is 2. The molecular weight excluding hydrogens is 422 g/mol. The number of H-pyrrole nitrogens is 2. The number of anilines is 1. The summed E-state index contributed by atoms with van der Waals surface area (Å²) >= 11 is 0. The largest absolute Gasteiger partial charge is 0.497 e. The predicted octanol–water partition coefficient (Wildman–Crippen LogP) is 2.26. The Kier molecular flexibility index (Phi) is 4.94. The van der Waals surface area contributed by atoms with E-state index in [1.165, 1.54) is 0 Å². The molecule has 5 rings (SSSR count). The van der Waals surface area contributed by atoms with Crippen molar-refractivity contribution in [1.82, 2.24) is 24.8 Å². The van der Waals surface area contributed by atoms with Gasteiger partial charge in [-0.25, -0.2) is 14.5 Å². The van der Waals surface area contributed by atoms with E-state index in [0.29, 0.717) is 28.6 Å². The molecule has 0 fully saturated rings. The van der Waals surface area contributed by atoms with Crippen LogP contribution in [0.15, 0.2) is 71.7 Å². The van der Waals surface area contributed by atoms with Crippen molar-refractivity contribution in [2.75, 3.05) is 12.4 Å². The molecule has 0 aliphatic rings. The Morgan fingerprint density at radius 2 is 1.94 bits per heavy atom. The summed E-state index contributed by atoms with van der Waals surface area (Å²) in [6.07, 6.45) is 1.75. The summed E-state index contributed by atoms with van der Waals surface area (Å²) in [7, 11) is 1.58. The number of amides is 1. The second-order valence-electron chi connectivity index (χ2n) is 7.39. The third-order valence-corrected chi connectivity index (χ3v) is 5.09. The average Bonchev–Trinajstić information content (AvgIpc) is 3.42. The number of aromatic amines is 2. The average molecular weight is 442 g/mol. The topological polar surface area (TPSA) is 122 Å². The van der Waals surface area contributed by atoms with Crippen molar-refractivity contribution < 1.29 is 14.0 Å². The zero-order valence-corrected chi connectivity index (χ0v) is 17.9. The molecule has 0 radical (unpaired) electrons. The number of hydrogen-bond acceptors (Lipinski definition) is 5. The van der Waals surface area contributed by atoms with Crippen LogP contribution < -0.4 is 20.3 Å². The molecule has 10 nitrogen and oxygen atoms in total. The Morgan fingerprint density at radius 3 is 2.70 bits per heavy atom. The summed E-state index contributed by atoms with van der Waals surface area (Å²) in [5.41, 5.74) is 3.33. The monoisotopic (exact) mass is 442 g/mol. The lowest BCUT2D eigenvalue weighted by atomic mass is 10.2. The molecule has 0 unspecified atom stereocenters. The molecule has 0 aliphatic heterocycles. The molecule has 10 heteroatoms. The minimum atomic E-state index is -0.364. The van der Waals surface area contributed by atoms with E-state index in [1.54, 1.807) is 58.9 Å². The molecule has 0 spiro atoms. The maximum absolute atomic E-state index is 13.0. The molecule has 5 aromatic rings. The van der Waals surface area contributed by atoms with Gasteiger partial charge in [-0.15, -0.1) is 4.52 Å². The second-order valence-corrected chi connectivity index (χ2v) is 7.39. The zero-order chi connectivity index (χ0) is 22.9. The van der Waals surface area contributed by atoms with Crippen LogP contribution in [-0.4, -0.2) is 37.9 Å². The minimum absolute atomic E-state index is 0.219. The van der Waals surface area contributed by atoms with Crippen LogP contribution in [0.5, 0.6) is 5.75 Å². The zero-order valence-electron chi connectivity index (χ0n) is 17.9. The summed E-state index contributed by atoms with van der Waals surface area (Å²) in [6.45, 7) is 1.89. The lowest BCUT2D eigenvalue weighted by Crippen LogP contribution is -2.25. The third-order valence-electron chi connectivity index (χ3n) is 5.09. The molecule has 0 aliphatic carbocycles. The molecule has 0 saturated carbocycles. The van der Waals surface area contributed by atoms with Gasteiger partial charge in [0.1, 0.15) is 11.9 Å². The van der Waals surface area contributed by atoms with Crippen LogP contribution in [-0.2, 0) is 0 Å². The number of fused-ring (bicyclic) bond motifs is 1. The van der Waals surface area contributed by atoms with Crippen LogP contribution in [0.4, 0.5) is 5.69 Å². The molecule has 1 amide bonds. The van der Waals surface area contributed by atoms with E-state index >= 15 is 0 Å². The molecule has 1 aromatic carbocycles. The first kappa shape index (κ1) is 20.2. The molecule has 33 heavy (non-hydrogen) atoms. The molecule has 164 valence electrons. The number of nitrogens with one attached hydrogen (secondary N) is 3. The number of benzene rings is 1. The minimum Gasteiger partial charge on any atom is -0.497 e. The fraction of sp³-hybridized carbons (Fsp3) is 0.0870. The maximum atomic E-state index is 13.0. The molecular formula is C23H20N7O3+. The lowest BCUT2D eigenvalue weighted by molar-refractivity contribution is -0.578. The number of ether oxygens (including phenoxy) is 1. The van der Waals surface area contributed by atoms with Crippen molar-refractivity contribution in [2.45, 2.75) is 6.92 Å². The predicted molar refractivity (Wildman–Crippen MR) is 121 cm³/mol. The van der Waals surface area contributed by atoms with Crippen molar-refractivity contribution in [3.8, 4) is 22.8 Å². The number of rotatable bonds is 5. The van der Waals surface area contributed by atoms with E-state index in [-0.39, 0.29) is 17.3 Å². The van der Waals surface area contributed by atoms with Gasteiger partial charge in [0.05, 0.1) is 12.8 Å². The van der Waals surface area contributed by atoms with Gasteiger partial charge < -0.3 is 10.1 Å². The molecule has 3 N–H and O–H groups in total. The molecule has 4 heterocycles. The van der Waals surface area contributed by atoms with E-state index in [1.807, 2.05) is 31.2 Å². The van der Waals surface area contributed by atoms with E-state index in [9.17, 15) is 9.59 Å². The highest BCUT2D eigenvalue weighted by molar-refractivity contribution is 6.03. The van der Waals surface area contributed by atoms with Crippen LogP contribution in [0.25, 0.3) is 22.7 Å². The Labute approximate surface area is 187 Å². The van der Waals surface area contributed by atoms with Crippen LogP contribution in [0.3, 0.4) is 0 Å². The summed E-state index contributed by atoms with van der Waals surface area (Å²) in [6, 6.07) is 17.9. The van der Waals surface area contributed by atoms with Crippen LogP contribution in [0, 0.1) is 6.92 Å². The van der Waals surface area contributed by atoms with Gasteiger partial charge in [-0.1, -0.05) is 6.07 Å². The number of methoxy groups -OCH3 is 1. The quantitative estimate of drug-likeness (QED) is 0.361. The van der Waals surface area contributed by atoms with Gasteiger partial charge in [0.2, 0.25) is 0 Å². The molecule has 4 aromatic heterocycles. The van der Waals surface area contributed by atoms with Gasteiger partial charge in [-0.2, -0.15) is 15.2 Å². The Morgan fingerprint density at radius 1 is 1.12 bits per heavy atom. The van der Waals surface area contributed by atoms with E-state index in [0.717, 1.165) is 11.3 Å². The van der Waals surface area contributed by atoms with Gasteiger partial charge in [-0.05, 0) is 55.5 Å². The summed E-state index contributed by atoms with van der Waals surface area (Å²) < 4.78 is 8.35. The van der Waals surface area contributed by atoms with E-state index < -0.39 is 0 Å². The molecule has 0 atom stereocenters. The highest BCUT2D eigenvalue weighted by atomic mass is 16.5. The SMILES string of the molecule is COc1ccc(NC(=O)c2cc(-c3ccc4[nH]c(=O)[nH][n+]4c3)n(-c3cccc(C)n3)n2)cc1. The Hall–Kier alpha value is -4.73. The number of aryl methyl sites for hydroxylation is 1. The standard InChI is InChI=1S/C23H19N7O3/c1-14-4-3-5-21(24-14)30-19(15-6-11-20-26-23(32)28-29(20)13-15)12-18(27-30)22(31)25-16-7-9-17(33-2)10-8-16/h3-13H,1-2H3,(H2,25,28,31,32)/p+1. The van der Waals surface area contributed by atoms with Gasteiger partial charge in [0.15, 0.2) is 11.5 Å². The number of aromatic nitrogens is 6. The molecule has 0 bridgehead atoms. The van der Waals surface area contributed by atoms with Gasteiger partial charge in [0.25, 0.3) is 5.91 Å². The lowest BCUT2D eigenvalue weighted by Gasteiger charge is -2.06. The van der Waals surface area contributed by atoms with Gasteiger partial charge >= 0.3 is 11.3 Å². The first-order valence-corrected chi connectivity index (χ1v) is 10.1. The van der Waals surface area contributed by atoms with E-state index in [2.05, 4.69) is 25.5 Å². The summed E-state index contributed by atoms with van der Waals surface area (Å²) in [5.74, 6) is 0.901. The first-order chi connectivity index (χ1) is 16.0. The van der Waals surface area contributed by atoms with Crippen LogP contribution in [0.1, 0.15) is 16.2 Å². The highest BCUT2D eigenvalue weighted by Gasteiger charge is 2.19. The first-order valence-electron chi connectivity index (χ1n) is 10.1. The summed E-state index contributed by atoms with van der Waals surface area (Å²) in [4.78, 5) is 31.9. The smallest absolute Gasteiger partial charge is 0.442 e. The van der Waals surface area contributed by atoms with Gasteiger partial charge in [0, 0.05) is 23.0 Å². The maximum Gasteiger partial charge on any atom is 0.442 e. The van der Waals surface area contributed by atoms with Crippen LogP contribution >= 0.6 is 0 Å². The number of nitrogens with zero attached hydrogens (tertiary/aromatic N) is 4. The number of hydrogen-bond donors (Lipinski definition) is 3. The number of carbonyl (C=O) groups is 1. The van der Waals surface area contributed by atoms with Crippen LogP contribution in [0.2, 0.25) is 0 Å².